The summed E-state index contributed by atoms with van der Waals surface area (Å²) in [6.07, 6.45) is 1.27. The molecule has 2 fully saturated rings. The number of morpholine rings is 1. The van der Waals surface area contributed by atoms with E-state index in [1.54, 1.807) is 0 Å². The van der Waals surface area contributed by atoms with Crippen LogP contribution < -0.4 is 5.32 Å². The Labute approximate surface area is 177 Å². The minimum Gasteiger partial charge on any atom is -0.507 e. The average molecular weight is 571 g/mol. The third-order valence-corrected chi connectivity index (χ3v) is 6.51. The third-order valence-electron chi connectivity index (χ3n) is 5.06. The van der Waals surface area contributed by atoms with Crippen molar-refractivity contribution in [1.29, 1.82) is 0 Å². The van der Waals surface area contributed by atoms with Crippen LogP contribution in [0.2, 0.25) is 0 Å². The molecule has 1 atom stereocenters. The van der Waals surface area contributed by atoms with Crippen molar-refractivity contribution in [3.63, 3.8) is 0 Å². The molecule has 0 spiro atoms. The molecule has 0 aliphatic carbocycles. The molecule has 0 aromatic heterocycles. The van der Waals surface area contributed by atoms with Gasteiger partial charge in [0, 0.05) is 48.4 Å². The number of hydrogen-bond acceptors (Lipinski definition) is 5. The maximum Gasteiger partial charge on any atom is 0.133 e. The number of nitrogens with one attached hydrogen (secondary N) is 1. The first-order chi connectivity index (χ1) is 12.1. The molecular weight excluding hydrogens is 544 g/mol. The van der Waals surface area contributed by atoms with Crippen molar-refractivity contribution in [3.8, 4) is 5.75 Å². The van der Waals surface area contributed by atoms with Crippen LogP contribution in [0.3, 0.4) is 0 Å². The summed E-state index contributed by atoms with van der Waals surface area (Å²) in [7, 11) is 0. The first kappa shape index (κ1) is 20.1. The summed E-state index contributed by atoms with van der Waals surface area (Å²) >= 11 is 4.50. The Morgan fingerprint density at radius 2 is 1.88 bits per heavy atom. The number of likely N-dealkylation sites (tertiary alicyclic amines) is 1. The van der Waals surface area contributed by atoms with Crippen LogP contribution in [-0.2, 0) is 11.3 Å². The number of phenols is 1. The molecule has 1 aromatic carbocycles. The van der Waals surface area contributed by atoms with Crippen molar-refractivity contribution in [2.24, 2.45) is 5.92 Å². The molecule has 7 heteroatoms. The van der Waals surface area contributed by atoms with E-state index in [0.29, 0.717) is 11.7 Å². The second-order valence-electron chi connectivity index (χ2n) is 6.94. The molecule has 1 aromatic rings. The van der Waals surface area contributed by atoms with Gasteiger partial charge in [-0.05, 0) is 82.7 Å². The van der Waals surface area contributed by atoms with E-state index < -0.39 is 0 Å². The number of ether oxygens (including phenoxy) is 1. The van der Waals surface area contributed by atoms with Crippen molar-refractivity contribution < 1.29 is 9.84 Å². The smallest absolute Gasteiger partial charge is 0.133 e. The van der Waals surface area contributed by atoms with Gasteiger partial charge in [-0.2, -0.15) is 0 Å². The van der Waals surface area contributed by atoms with Crippen LogP contribution in [0.1, 0.15) is 12.0 Å². The Bertz CT molecular complexity index is 567. The number of phenolic OH excluding ortho intramolecular Hbond substituents is 1. The Morgan fingerprint density at radius 3 is 2.68 bits per heavy atom. The zero-order valence-corrected chi connectivity index (χ0v) is 18.8. The van der Waals surface area contributed by atoms with E-state index in [9.17, 15) is 5.11 Å². The summed E-state index contributed by atoms with van der Waals surface area (Å²) in [5.41, 5.74) is 0.999. The van der Waals surface area contributed by atoms with Crippen molar-refractivity contribution >= 4 is 45.2 Å². The SMILES string of the molecule is Oc1c(I)cc(I)cc1CNC[C@@H]1CCN(CCN2CCOCC2)C1. The monoisotopic (exact) mass is 571 g/mol. The van der Waals surface area contributed by atoms with Crippen molar-refractivity contribution in [1.82, 2.24) is 15.1 Å². The van der Waals surface area contributed by atoms with Gasteiger partial charge in [0.1, 0.15) is 5.75 Å². The van der Waals surface area contributed by atoms with Gasteiger partial charge < -0.3 is 20.1 Å². The van der Waals surface area contributed by atoms with E-state index >= 15 is 0 Å². The van der Waals surface area contributed by atoms with Gasteiger partial charge in [0.15, 0.2) is 0 Å². The number of benzene rings is 1. The highest BCUT2D eigenvalue weighted by Crippen LogP contribution is 2.27. The summed E-state index contributed by atoms with van der Waals surface area (Å²) in [5.74, 6) is 1.14. The number of halogens is 2. The third kappa shape index (κ3) is 6.17. The minimum absolute atomic E-state index is 0.423. The molecule has 2 aliphatic heterocycles. The van der Waals surface area contributed by atoms with Gasteiger partial charge >= 0.3 is 0 Å². The standard InChI is InChI=1S/C18H27I2N3O2/c19-16-9-15(18(24)17(20)10-16)12-21-11-14-1-2-23(13-14)4-3-22-5-7-25-8-6-22/h9-10,14,21,24H,1-8,11-13H2/t14-/m0/s1. The van der Waals surface area contributed by atoms with Gasteiger partial charge in [0.25, 0.3) is 0 Å². The topological polar surface area (TPSA) is 48.0 Å². The predicted molar refractivity (Wildman–Crippen MR) is 117 cm³/mol. The largest absolute Gasteiger partial charge is 0.507 e. The van der Waals surface area contributed by atoms with E-state index in [4.69, 9.17) is 4.74 Å². The van der Waals surface area contributed by atoms with Crippen LogP contribution in [0.25, 0.3) is 0 Å². The summed E-state index contributed by atoms with van der Waals surface area (Å²) in [5, 5.41) is 13.7. The number of nitrogens with zero attached hydrogens (tertiary/aromatic N) is 2. The zero-order chi connectivity index (χ0) is 17.6. The van der Waals surface area contributed by atoms with Gasteiger partial charge in [0.05, 0.1) is 16.8 Å². The van der Waals surface area contributed by atoms with Gasteiger partial charge in [-0.3, -0.25) is 4.90 Å². The fourth-order valence-electron chi connectivity index (χ4n) is 3.56. The first-order valence-corrected chi connectivity index (χ1v) is 11.2. The first-order valence-electron chi connectivity index (χ1n) is 9.02. The summed E-state index contributed by atoms with van der Waals surface area (Å²) in [4.78, 5) is 5.10. The second kappa shape index (κ2) is 10.0. The second-order valence-corrected chi connectivity index (χ2v) is 9.34. The molecule has 0 saturated carbocycles. The number of rotatable bonds is 7. The maximum atomic E-state index is 10.2. The van der Waals surface area contributed by atoms with Crippen LogP contribution in [0.5, 0.6) is 5.75 Å². The molecule has 0 bridgehead atoms. The fourth-order valence-corrected chi connectivity index (χ4v) is 5.52. The highest BCUT2D eigenvalue weighted by Gasteiger charge is 2.22. The van der Waals surface area contributed by atoms with Gasteiger partial charge in [-0.25, -0.2) is 0 Å². The van der Waals surface area contributed by atoms with Crippen LogP contribution in [0.4, 0.5) is 0 Å². The molecular formula is C18H27I2N3O2. The van der Waals surface area contributed by atoms with Crippen LogP contribution in [0.15, 0.2) is 12.1 Å². The van der Waals surface area contributed by atoms with Crippen LogP contribution in [-0.4, -0.2) is 73.9 Å². The zero-order valence-electron chi connectivity index (χ0n) is 14.5. The molecule has 2 aliphatic rings. The van der Waals surface area contributed by atoms with Gasteiger partial charge in [0.2, 0.25) is 0 Å². The normalized spacial score (nSPS) is 22.6. The molecule has 5 nitrogen and oxygen atoms in total. The van der Waals surface area contributed by atoms with E-state index in [1.165, 1.54) is 29.6 Å². The number of hydrogen-bond donors (Lipinski definition) is 2. The highest BCUT2D eigenvalue weighted by atomic mass is 127. The minimum atomic E-state index is 0.423. The average Bonchev–Trinajstić information content (AvgIpc) is 3.06. The Hall–Kier alpha value is 0.320. The van der Waals surface area contributed by atoms with Crippen molar-refractivity contribution in [3.05, 3.63) is 24.8 Å². The van der Waals surface area contributed by atoms with E-state index in [-0.39, 0.29) is 0 Å². The Morgan fingerprint density at radius 1 is 1.12 bits per heavy atom. The maximum absolute atomic E-state index is 10.2. The lowest BCUT2D eigenvalue weighted by molar-refractivity contribution is 0.0342. The predicted octanol–water partition coefficient (Wildman–Crippen LogP) is 2.35. The lowest BCUT2D eigenvalue weighted by Gasteiger charge is -2.28. The molecule has 25 heavy (non-hydrogen) atoms. The summed E-state index contributed by atoms with van der Waals surface area (Å²) in [6.45, 7) is 10.4. The lowest BCUT2D eigenvalue weighted by Crippen LogP contribution is -2.41. The molecule has 0 unspecified atom stereocenters. The van der Waals surface area contributed by atoms with E-state index in [1.807, 2.05) is 6.07 Å². The fraction of sp³-hybridized carbons (Fsp3) is 0.667. The lowest BCUT2D eigenvalue weighted by atomic mass is 10.1. The molecule has 2 heterocycles. The quantitative estimate of drug-likeness (QED) is 0.493. The Kier molecular flexibility index (Phi) is 8.05. The summed E-state index contributed by atoms with van der Waals surface area (Å²) in [6, 6.07) is 4.07. The summed E-state index contributed by atoms with van der Waals surface area (Å²) < 4.78 is 7.51. The van der Waals surface area contributed by atoms with Crippen LogP contribution in [0, 0.1) is 13.1 Å². The Balaban J connectivity index is 1.36. The van der Waals surface area contributed by atoms with Crippen molar-refractivity contribution in [2.45, 2.75) is 13.0 Å². The van der Waals surface area contributed by atoms with E-state index in [0.717, 1.165) is 55.1 Å². The van der Waals surface area contributed by atoms with Gasteiger partial charge in [-0.15, -0.1) is 0 Å². The van der Waals surface area contributed by atoms with Crippen LogP contribution >= 0.6 is 45.2 Å². The molecule has 2 saturated heterocycles. The number of aromatic hydroxyl groups is 1. The molecule has 0 amide bonds. The van der Waals surface area contributed by atoms with Gasteiger partial charge in [-0.1, -0.05) is 0 Å². The molecule has 2 N–H and O–H groups in total. The molecule has 3 rings (SSSR count). The van der Waals surface area contributed by atoms with Crippen molar-refractivity contribution in [2.75, 3.05) is 59.0 Å². The highest BCUT2D eigenvalue weighted by molar-refractivity contribution is 14.1. The molecule has 140 valence electrons. The molecule has 0 radical (unpaired) electrons. The van der Waals surface area contributed by atoms with E-state index in [2.05, 4.69) is 66.4 Å².